The van der Waals surface area contributed by atoms with Gasteiger partial charge in [-0.15, -0.1) is 0 Å². The van der Waals surface area contributed by atoms with Crippen molar-refractivity contribution in [3.05, 3.63) is 123 Å². The number of nitrogens with zero attached hydrogens (tertiary/aromatic N) is 1. The Kier molecular flexibility index (Phi) is 10.6. The van der Waals surface area contributed by atoms with Crippen molar-refractivity contribution < 1.29 is 19.7 Å². The summed E-state index contributed by atoms with van der Waals surface area (Å²) in [5.41, 5.74) is 4.29. The van der Waals surface area contributed by atoms with Gasteiger partial charge in [0.25, 0.3) is 0 Å². The number of methoxy groups -OCH3 is 2. The second kappa shape index (κ2) is 13.8. The van der Waals surface area contributed by atoms with Crippen LogP contribution in [-0.2, 0) is 28.3 Å². The summed E-state index contributed by atoms with van der Waals surface area (Å²) in [5, 5.41) is 25.3. The first-order chi connectivity index (χ1) is 22.3. The lowest BCUT2D eigenvalue weighted by Crippen LogP contribution is -2.42. The zero-order chi connectivity index (χ0) is 35.7. The summed E-state index contributed by atoms with van der Waals surface area (Å²) in [4.78, 5) is 5.25. The maximum Gasteiger partial charge on any atom is 0.144 e. The fourth-order valence-electron chi connectivity index (χ4n) is 6.24. The van der Waals surface area contributed by atoms with E-state index < -0.39 is 11.6 Å². The standard InChI is InChI=1S/C43H55NO4/c1-28-18-21-33(42(8,9)10)39(45)32(28)27-44-38(24-29-16-14-13-15-17-29)43(46,34-25-30(40(2,3)4)19-22-36(34)47-11)35-26-31(41(5,6)7)20-23-37(35)48-12/h13-23,25-27,38,45-46H,24H2,1-12H3. The van der Waals surface area contributed by atoms with Gasteiger partial charge in [-0.2, -0.15) is 0 Å². The summed E-state index contributed by atoms with van der Waals surface area (Å²) in [7, 11) is 3.27. The van der Waals surface area contributed by atoms with Crippen LogP contribution in [0.25, 0.3) is 0 Å². The van der Waals surface area contributed by atoms with Crippen LogP contribution in [0.1, 0.15) is 107 Å². The lowest BCUT2D eigenvalue weighted by molar-refractivity contribution is 0.0475. The third-order valence-corrected chi connectivity index (χ3v) is 9.33. The molecule has 48 heavy (non-hydrogen) atoms. The molecule has 0 aliphatic carbocycles. The third-order valence-electron chi connectivity index (χ3n) is 9.33. The number of aromatic hydroxyl groups is 1. The normalized spacial score (nSPS) is 13.5. The Morgan fingerprint density at radius 2 is 1.17 bits per heavy atom. The Bertz CT molecular complexity index is 1690. The number of aliphatic hydroxyl groups is 1. The number of benzene rings is 4. The van der Waals surface area contributed by atoms with E-state index in [9.17, 15) is 10.2 Å². The molecule has 0 amide bonds. The Balaban J connectivity index is 2.14. The molecule has 2 N–H and O–H groups in total. The molecule has 0 heterocycles. The van der Waals surface area contributed by atoms with E-state index in [2.05, 4.69) is 98.7 Å². The molecular formula is C43H55NO4. The Hall–Kier alpha value is -4.09. The summed E-state index contributed by atoms with van der Waals surface area (Å²) in [5.74, 6) is 1.30. The molecule has 0 aromatic heterocycles. The minimum atomic E-state index is -1.73. The highest BCUT2D eigenvalue weighted by atomic mass is 16.5. The first-order valence-corrected chi connectivity index (χ1v) is 16.8. The van der Waals surface area contributed by atoms with E-state index in [4.69, 9.17) is 14.5 Å². The van der Waals surface area contributed by atoms with Crippen molar-refractivity contribution in [2.75, 3.05) is 14.2 Å². The molecule has 0 fully saturated rings. The van der Waals surface area contributed by atoms with Gasteiger partial charge in [-0.05, 0) is 81.7 Å². The van der Waals surface area contributed by atoms with Crippen LogP contribution in [0.5, 0.6) is 17.2 Å². The van der Waals surface area contributed by atoms with Crippen molar-refractivity contribution in [2.24, 2.45) is 4.99 Å². The monoisotopic (exact) mass is 649 g/mol. The average Bonchev–Trinajstić information content (AvgIpc) is 3.02. The molecule has 5 heteroatoms. The van der Waals surface area contributed by atoms with Gasteiger partial charge in [0.15, 0.2) is 0 Å². The van der Waals surface area contributed by atoms with Crippen LogP contribution in [0.2, 0.25) is 0 Å². The molecule has 0 saturated carbocycles. The van der Waals surface area contributed by atoms with Gasteiger partial charge in [0.05, 0.1) is 20.3 Å². The highest BCUT2D eigenvalue weighted by Crippen LogP contribution is 2.47. The molecule has 1 unspecified atom stereocenters. The van der Waals surface area contributed by atoms with Crippen molar-refractivity contribution in [3.8, 4) is 17.2 Å². The number of ether oxygens (including phenoxy) is 2. The minimum absolute atomic E-state index is 0.201. The zero-order valence-electron chi connectivity index (χ0n) is 31.0. The van der Waals surface area contributed by atoms with E-state index in [0.717, 1.165) is 27.8 Å². The molecule has 4 aromatic rings. The van der Waals surface area contributed by atoms with Crippen molar-refractivity contribution in [1.82, 2.24) is 0 Å². The van der Waals surface area contributed by atoms with Crippen molar-refractivity contribution in [2.45, 2.75) is 104 Å². The summed E-state index contributed by atoms with van der Waals surface area (Å²) in [6.45, 7) is 21.2. The maximum atomic E-state index is 13.7. The molecule has 0 aliphatic rings. The van der Waals surface area contributed by atoms with Crippen LogP contribution >= 0.6 is 0 Å². The van der Waals surface area contributed by atoms with E-state index in [-0.39, 0.29) is 22.0 Å². The molecule has 0 saturated heterocycles. The lowest BCUT2D eigenvalue weighted by atomic mass is 9.73. The average molecular weight is 650 g/mol. The minimum Gasteiger partial charge on any atom is -0.507 e. The summed E-state index contributed by atoms with van der Waals surface area (Å²) >= 11 is 0. The third kappa shape index (κ3) is 7.63. The van der Waals surface area contributed by atoms with E-state index in [0.29, 0.717) is 34.6 Å². The molecular weight excluding hydrogens is 594 g/mol. The van der Waals surface area contributed by atoms with Crippen LogP contribution in [-0.4, -0.2) is 36.7 Å². The number of rotatable bonds is 9. The van der Waals surface area contributed by atoms with Crippen molar-refractivity contribution in [3.63, 3.8) is 0 Å². The number of phenolic OH excluding ortho intramolecular Hbond substituents is 1. The molecule has 0 bridgehead atoms. The molecule has 0 spiro atoms. The van der Waals surface area contributed by atoms with Crippen LogP contribution in [0.4, 0.5) is 0 Å². The first kappa shape index (κ1) is 36.7. The van der Waals surface area contributed by atoms with Gasteiger partial charge in [0, 0.05) is 22.9 Å². The quantitative estimate of drug-likeness (QED) is 0.177. The topological polar surface area (TPSA) is 71.3 Å². The van der Waals surface area contributed by atoms with Crippen molar-refractivity contribution in [1.29, 1.82) is 0 Å². The number of hydrogen-bond donors (Lipinski definition) is 2. The fourth-order valence-corrected chi connectivity index (χ4v) is 6.24. The maximum absolute atomic E-state index is 13.7. The van der Waals surface area contributed by atoms with Gasteiger partial charge in [-0.3, -0.25) is 4.99 Å². The smallest absolute Gasteiger partial charge is 0.144 e. The molecule has 4 rings (SSSR count). The van der Waals surface area contributed by atoms with Gasteiger partial charge in [0.2, 0.25) is 0 Å². The largest absolute Gasteiger partial charge is 0.507 e. The Labute approximate surface area is 288 Å². The van der Waals surface area contributed by atoms with Gasteiger partial charge in [-0.1, -0.05) is 117 Å². The number of hydrogen-bond acceptors (Lipinski definition) is 5. The van der Waals surface area contributed by atoms with Gasteiger partial charge in [-0.25, -0.2) is 0 Å². The summed E-state index contributed by atoms with van der Waals surface area (Å²) < 4.78 is 12.0. The van der Waals surface area contributed by atoms with Gasteiger partial charge < -0.3 is 19.7 Å². The van der Waals surface area contributed by atoms with E-state index in [1.807, 2.05) is 49.4 Å². The Morgan fingerprint density at radius 1 is 0.667 bits per heavy atom. The van der Waals surface area contributed by atoms with Crippen molar-refractivity contribution >= 4 is 6.21 Å². The number of aryl methyl sites for hydroxylation is 1. The molecule has 4 aromatic carbocycles. The molecule has 5 nitrogen and oxygen atoms in total. The second-order valence-electron chi connectivity index (χ2n) is 16.0. The predicted octanol–water partition coefficient (Wildman–Crippen LogP) is 9.58. The van der Waals surface area contributed by atoms with Crippen LogP contribution in [0.15, 0.2) is 83.9 Å². The lowest BCUT2D eigenvalue weighted by Gasteiger charge is -2.38. The highest BCUT2D eigenvalue weighted by molar-refractivity contribution is 5.86. The SMILES string of the molecule is COc1ccc(C(C)(C)C)cc1C(O)(c1cc(C(C)(C)C)ccc1OC)C(Cc1ccccc1)N=Cc1c(C)ccc(C(C)(C)C)c1O. The number of phenols is 1. The second-order valence-corrected chi connectivity index (χ2v) is 16.0. The van der Waals surface area contributed by atoms with E-state index >= 15 is 0 Å². The molecule has 0 radical (unpaired) electrons. The number of aliphatic imine (C=N–C) groups is 1. The summed E-state index contributed by atoms with van der Waals surface area (Å²) in [6.07, 6.45) is 2.14. The summed E-state index contributed by atoms with van der Waals surface area (Å²) in [6, 6.07) is 25.4. The van der Waals surface area contributed by atoms with E-state index in [1.165, 1.54) is 0 Å². The van der Waals surface area contributed by atoms with Crippen LogP contribution in [0.3, 0.4) is 0 Å². The predicted molar refractivity (Wildman–Crippen MR) is 199 cm³/mol. The van der Waals surface area contributed by atoms with Crippen LogP contribution in [0, 0.1) is 6.92 Å². The Morgan fingerprint density at radius 3 is 1.60 bits per heavy atom. The van der Waals surface area contributed by atoms with E-state index in [1.54, 1.807) is 20.4 Å². The zero-order valence-corrected chi connectivity index (χ0v) is 31.0. The van der Waals surface area contributed by atoms with Gasteiger partial charge >= 0.3 is 0 Å². The van der Waals surface area contributed by atoms with Gasteiger partial charge in [0.1, 0.15) is 22.8 Å². The molecule has 0 aliphatic heterocycles. The fraction of sp³-hybridized carbons (Fsp3) is 0.419. The first-order valence-electron chi connectivity index (χ1n) is 16.8. The van der Waals surface area contributed by atoms with Crippen LogP contribution < -0.4 is 9.47 Å². The molecule has 1 atom stereocenters. The highest BCUT2D eigenvalue weighted by Gasteiger charge is 2.45. The molecule has 256 valence electrons.